The molecule has 4 rings (SSSR count). The molecule has 0 atom stereocenters. The van der Waals surface area contributed by atoms with E-state index in [1.54, 1.807) is 29.2 Å². The predicted molar refractivity (Wildman–Crippen MR) is 116 cm³/mol. The minimum atomic E-state index is -3.58. The van der Waals surface area contributed by atoms with Gasteiger partial charge in [-0.15, -0.1) is 0 Å². The van der Waals surface area contributed by atoms with E-state index in [1.165, 1.54) is 16.7 Å². The molecule has 0 radical (unpaired) electrons. The Morgan fingerprint density at radius 1 is 1.00 bits per heavy atom. The highest BCUT2D eigenvalue weighted by Crippen LogP contribution is 2.21. The maximum atomic E-state index is 12.9. The van der Waals surface area contributed by atoms with Crippen molar-refractivity contribution < 1.29 is 13.2 Å². The molecule has 2 heterocycles. The highest BCUT2D eigenvalue weighted by atomic mass is 32.2. The van der Waals surface area contributed by atoms with E-state index in [9.17, 15) is 13.2 Å². The fraction of sp³-hybridized carbons (Fsp3) is 0.318. The Hall–Kier alpha value is -3.04. The molecule has 1 aliphatic rings. The van der Waals surface area contributed by atoms with Crippen LogP contribution in [0.25, 0.3) is 0 Å². The van der Waals surface area contributed by atoms with Crippen molar-refractivity contribution in [3.05, 3.63) is 77.9 Å². The lowest BCUT2D eigenvalue weighted by molar-refractivity contribution is 0.0950. The number of carbonyl (C=O) groups excluding carboxylic acids is 1. The summed E-state index contributed by atoms with van der Waals surface area (Å²) in [6.07, 6.45) is 5.93. The normalized spacial score (nSPS) is 15.0. The molecule has 0 aliphatic carbocycles. The van der Waals surface area contributed by atoms with Gasteiger partial charge in [0.1, 0.15) is 12.7 Å². The maximum absolute atomic E-state index is 12.9. The topological polar surface area (TPSA) is 97.2 Å². The van der Waals surface area contributed by atoms with Crippen LogP contribution in [0.1, 0.15) is 40.7 Å². The van der Waals surface area contributed by atoms with Crippen molar-refractivity contribution in [2.75, 3.05) is 13.1 Å². The monoisotopic (exact) mass is 439 g/mol. The molecule has 31 heavy (non-hydrogen) atoms. The van der Waals surface area contributed by atoms with Gasteiger partial charge in [-0.2, -0.15) is 9.40 Å². The van der Waals surface area contributed by atoms with E-state index in [-0.39, 0.29) is 10.8 Å². The molecule has 8 nitrogen and oxygen atoms in total. The summed E-state index contributed by atoms with van der Waals surface area (Å²) in [4.78, 5) is 16.8. The largest absolute Gasteiger partial charge is 0.348 e. The van der Waals surface area contributed by atoms with Crippen molar-refractivity contribution >= 4 is 15.9 Å². The fourth-order valence-corrected chi connectivity index (χ4v) is 5.24. The van der Waals surface area contributed by atoms with Crippen LogP contribution in [-0.2, 0) is 23.1 Å². The second-order valence-corrected chi connectivity index (χ2v) is 9.53. The number of piperidine rings is 1. The molecule has 1 fully saturated rings. The van der Waals surface area contributed by atoms with E-state index >= 15 is 0 Å². The van der Waals surface area contributed by atoms with E-state index in [2.05, 4.69) is 15.4 Å². The van der Waals surface area contributed by atoms with Crippen LogP contribution < -0.4 is 5.32 Å². The molecule has 0 bridgehead atoms. The third kappa shape index (κ3) is 5.18. The fourth-order valence-electron chi connectivity index (χ4n) is 3.68. The van der Waals surface area contributed by atoms with Crippen molar-refractivity contribution in [2.45, 2.75) is 37.2 Å². The first-order valence-electron chi connectivity index (χ1n) is 10.3. The van der Waals surface area contributed by atoms with Gasteiger partial charge in [-0.25, -0.2) is 18.1 Å². The number of hydrogen-bond donors (Lipinski definition) is 1. The average molecular weight is 440 g/mol. The molecule has 1 aromatic heterocycles. The predicted octanol–water partition coefficient (Wildman–Crippen LogP) is 2.43. The van der Waals surface area contributed by atoms with Crippen molar-refractivity contribution in [1.29, 1.82) is 0 Å². The maximum Gasteiger partial charge on any atom is 0.251 e. The van der Waals surface area contributed by atoms with Gasteiger partial charge in [0.15, 0.2) is 0 Å². The molecule has 0 unspecified atom stereocenters. The third-order valence-corrected chi connectivity index (χ3v) is 7.20. The zero-order chi connectivity index (χ0) is 21.7. The van der Waals surface area contributed by atoms with Gasteiger partial charge in [0.25, 0.3) is 5.91 Å². The van der Waals surface area contributed by atoms with Gasteiger partial charge < -0.3 is 5.32 Å². The van der Waals surface area contributed by atoms with Gasteiger partial charge in [0, 0.05) is 25.2 Å². The van der Waals surface area contributed by atoms with Crippen molar-refractivity contribution in [3.8, 4) is 0 Å². The van der Waals surface area contributed by atoms with Crippen molar-refractivity contribution in [1.82, 2.24) is 24.4 Å². The summed E-state index contributed by atoms with van der Waals surface area (Å²) in [6.45, 7) is 2.00. The lowest BCUT2D eigenvalue weighted by atomic mass is 10.1. The van der Waals surface area contributed by atoms with Crippen LogP contribution in [0.4, 0.5) is 0 Å². The van der Waals surface area contributed by atoms with E-state index in [0.29, 0.717) is 31.7 Å². The summed E-state index contributed by atoms with van der Waals surface area (Å²) in [5, 5.41) is 6.98. The molecule has 0 spiro atoms. The zero-order valence-corrected chi connectivity index (χ0v) is 18.0. The summed E-state index contributed by atoms with van der Waals surface area (Å²) < 4.78 is 29.0. The Labute approximate surface area is 182 Å². The molecular weight excluding hydrogens is 414 g/mol. The molecule has 162 valence electrons. The Balaban J connectivity index is 1.42. The third-order valence-electron chi connectivity index (χ3n) is 5.30. The number of nitrogens with zero attached hydrogens (tertiary/aromatic N) is 4. The van der Waals surface area contributed by atoms with Crippen LogP contribution in [0.5, 0.6) is 0 Å². The summed E-state index contributed by atoms with van der Waals surface area (Å²) in [5.74, 6) is -0.308. The molecule has 1 saturated heterocycles. The first-order valence-corrected chi connectivity index (χ1v) is 11.7. The van der Waals surface area contributed by atoms with E-state index in [4.69, 9.17) is 0 Å². The number of benzene rings is 2. The van der Waals surface area contributed by atoms with Crippen LogP contribution in [0.15, 0.2) is 66.1 Å². The van der Waals surface area contributed by atoms with Crippen LogP contribution in [0, 0.1) is 0 Å². The smallest absolute Gasteiger partial charge is 0.251 e. The number of amides is 1. The van der Waals surface area contributed by atoms with Crippen molar-refractivity contribution in [3.63, 3.8) is 0 Å². The average Bonchev–Trinajstić information content (AvgIpc) is 3.31. The zero-order valence-electron chi connectivity index (χ0n) is 17.1. The van der Waals surface area contributed by atoms with Gasteiger partial charge in [-0.3, -0.25) is 4.79 Å². The number of aromatic nitrogens is 3. The second-order valence-electron chi connectivity index (χ2n) is 7.59. The summed E-state index contributed by atoms with van der Waals surface area (Å²) in [5.41, 5.74) is 2.33. The SMILES string of the molecule is O=C(NCc1cccc(Cn2cncn2)c1)c1cccc(S(=O)(=O)N2CCCCC2)c1. The van der Waals surface area contributed by atoms with Crippen LogP contribution >= 0.6 is 0 Å². The highest BCUT2D eigenvalue weighted by molar-refractivity contribution is 7.89. The van der Waals surface area contributed by atoms with Gasteiger partial charge in [-0.05, 0) is 42.2 Å². The second kappa shape index (κ2) is 9.40. The van der Waals surface area contributed by atoms with Gasteiger partial charge in [0.2, 0.25) is 10.0 Å². The van der Waals surface area contributed by atoms with Gasteiger partial charge in [-0.1, -0.05) is 36.8 Å². The first kappa shape index (κ1) is 21.2. The molecule has 1 amide bonds. The van der Waals surface area contributed by atoms with Crippen LogP contribution in [0.2, 0.25) is 0 Å². The minimum absolute atomic E-state index is 0.164. The molecule has 3 aromatic rings. The number of nitrogens with one attached hydrogen (secondary N) is 1. The summed E-state index contributed by atoms with van der Waals surface area (Å²) in [7, 11) is -3.58. The summed E-state index contributed by atoms with van der Waals surface area (Å²) >= 11 is 0. The standard InChI is InChI=1S/C22H25N5O3S/c28-22(24-14-18-6-4-7-19(12-18)15-26-17-23-16-25-26)20-8-5-9-21(13-20)31(29,30)27-10-2-1-3-11-27/h4-9,12-13,16-17H,1-3,10-11,14-15H2,(H,24,28). The highest BCUT2D eigenvalue weighted by Gasteiger charge is 2.26. The number of carbonyl (C=O) groups is 1. The van der Waals surface area contributed by atoms with Crippen LogP contribution in [0.3, 0.4) is 0 Å². The van der Waals surface area contributed by atoms with Gasteiger partial charge in [0.05, 0.1) is 11.4 Å². The quantitative estimate of drug-likeness (QED) is 0.610. The lowest BCUT2D eigenvalue weighted by Gasteiger charge is -2.26. The summed E-state index contributed by atoms with van der Waals surface area (Å²) in [6, 6.07) is 14.1. The Morgan fingerprint density at radius 3 is 2.55 bits per heavy atom. The van der Waals surface area contributed by atoms with Crippen LogP contribution in [-0.4, -0.2) is 46.5 Å². The lowest BCUT2D eigenvalue weighted by Crippen LogP contribution is -2.35. The molecular formula is C22H25N5O3S. The van der Waals surface area contributed by atoms with E-state index in [0.717, 1.165) is 30.4 Å². The van der Waals surface area contributed by atoms with E-state index < -0.39 is 10.0 Å². The van der Waals surface area contributed by atoms with E-state index in [1.807, 2.05) is 24.3 Å². The number of hydrogen-bond acceptors (Lipinski definition) is 5. The minimum Gasteiger partial charge on any atom is -0.348 e. The van der Waals surface area contributed by atoms with Crippen molar-refractivity contribution in [2.24, 2.45) is 0 Å². The van der Waals surface area contributed by atoms with Gasteiger partial charge >= 0.3 is 0 Å². The number of rotatable bonds is 7. The Kier molecular flexibility index (Phi) is 6.43. The molecule has 1 aliphatic heterocycles. The first-order chi connectivity index (χ1) is 15.0. The number of sulfonamides is 1. The molecule has 1 N–H and O–H groups in total. The molecule has 0 saturated carbocycles. The Morgan fingerprint density at radius 2 is 1.77 bits per heavy atom. The molecule has 9 heteroatoms. The Bertz CT molecular complexity index is 1140. The molecule has 2 aromatic carbocycles.